The van der Waals surface area contributed by atoms with Gasteiger partial charge in [-0.3, -0.25) is 4.55 Å². The van der Waals surface area contributed by atoms with E-state index in [4.69, 9.17) is 10.7 Å². The molecule has 2 aromatic rings. The zero-order chi connectivity index (χ0) is 15.5. The number of aryl methyl sites for hydroxylation is 1. The summed E-state index contributed by atoms with van der Waals surface area (Å²) < 4.78 is 33.0. The molecular weight excluding hydrogens is 290 g/mol. The molecular formula is C15H19NO4S. The summed E-state index contributed by atoms with van der Waals surface area (Å²) in [6.07, 6.45) is 3.62. The Morgan fingerprint density at radius 1 is 1.24 bits per heavy atom. The van der Waals surface area contributed by atoms with Crippen molar-refractivity contribution in [3.8, 4) is 5.75 Å². The summed E-state index contributed by atoms with van der Waals surface area (Å²) in [6.45, 7) is 2.09. The van der Waals surface area contributed by atoms with Crippen LogP contribution in [0.2, 0.25) is 0 Å². The van der Waals surface area contributed by atoms with E-state index in [2.05, 4.69) is 6.92 Å². The quantitative estimate of drug-likeness (QED) is 0.486. The molecule has 0 aromatic heterocycles. The summed E-state index contributed by atoms with van der Waals surface area (Å²) in [5.41, 5.74) is 0.692. The smallest absolute Gasteiger partial charge is 0.298 e. The number of fused-ring (bicyclic) bond motifs is 1. The molecule has 2 rings (SSSR count). The van der Waals surface area contributed by atoms with Crippen LogP contribution in [0.15, 0.2) is 35.2 Å². The second kappa shape index (κ2) is 6.43. The van der Waals surface area contributed by atoms with E-state index in [1.165, 1.54) is 0 Å². The van der Waals surface area contributed by atoms with Crippen LogP contribution in [0.1, 0.15) is 31.7 Å². The van der Waals surface area contributed by atoms with Gasteiger partial charge in [-0.25, -0.2) is 0 Å². The van der Waals surface area contributed by atoms with E-state index < -0.39 is 10.1 Å². The van der Waals surface area contributed by atoms with Crippen molar-refractivity contribution in [2.24, 2.45) is 5.90 Å². The fraction of sp³-hybridized carbons (Fsp3) is 0.333. The van der Waals surface area contributed by atoms with Gasteiger partial charge < -0.3 is 4.84 Å². The predicted molar refractivity (Wildman–Crippen MR) is 81.8 cm³/mol. The molecule has 0 radical (unpaired) electrons. The van der Waals surface area contributed by atoms with E-state index in [-0.39, 0.29) is 10.6 Å². The monoisotopic (exact) mass is 309 g/mol. The summed E-state index contributed by atoms with van der Waals surface area (Å²) in [5.74, 6) is 5.30. The van der Waals surface area contributed by atoms with E-state index in [0.29, 0.717) is 17.4 Å². The Bertz CT molecular complexity index is 741. The number of nitrogens with two attached hydrogens (primary N) is 1. The minimum atomic E-state index is -4.43. The van der Waals surface area contributed by atoms with Gasteiger partial charge in [0.1, 0.15) is 4.90 Å². The fourth-order valence-electron chi connectivity index (χ4n) is 2.49. The Labute approximate surface area is 124 Å². The third kappa shape index (κ3) is 3.34. The molecule has 0 spiro atoms. The van der Waals surface area contributed by atoms with Crippen LogP contribution in [0.3, 0.4) is 0 Å². The topological polar surface area (TPSA) is 89.6 Å². The molecule has 3 N–H and O–H groups in total. The van der Waals surface area contributed by atoms with Crippen LogP contribution >= 0.6 is 0 Å². The molecule has 0 fully saturated rings. The van der Waals surface area contributed by atoms with Crippen molar-refractivity contribution in [3.05, 3.63) is 35.9 Å². The molecule has 114 valence electrons. The maximum Gasteiger partial charge on any atom is 0.298 e. The van der Waals surface area contributed by atoms with Gasteiger partial charge in [-0.2, -0.15) is 14.3 Å². The van der Waals surface area contributed by atoms with Crippen molar-refractivity contribution in [3.63, 3.8) is 0 Å². The predicted octanol–water partition coefficient (Wildman–Crippen LogP) is 3.07. The largest absolute Gasteiger partial charge is 0.410 e. The highest BCUT2D eigenvalue weighted by Crippen LogP contribution is 2.36. The first kappa shape index (κ1) is 15.8. The number of hydrogen-bond acceptors (Lipinski definition) is 4. The highest BCUT2D eigenvalue weighted by atomic mass is 32.2. The number of unbranched alkanes of at least 4 members (excludes halogenated alkanes) is 2. The molecule has 5 nitrogen and oxygen atoms in total. The highest BCUT2D eigenvalue weighted by Gasteiger charge is 2.24. The summed E-state index contributed by atoms with van der Waals surface area (Å²) in [4.78, 5) is 4.55. The average Bonchev–Trinajstić information content (AvgIpc) is 2.45. The van der Waals surface area contributed by atoms with Crippen LogP contribution in [0.5, 0.6) is 5.75 Å². The standard InChI is InChI=1S/C15H19NO4S/c1-2-3-4-8-12-10-11-7-5-6-9-13(11)15(14(12)20-16)21(17,18)19/h5-7,9-10H,2-4,8,16H2,1H3,(H,17,18,19). The van der Waals surface area contributed by atoms with Crippen LogP contribution in [0.25, 0.3) is 10.8 Å². The van der Waals surface area contributed by atoms with Crippen molar-refractivity contribution in [1.29, 1.82) is 0 Å². The van der Waals surface area contributed by atoms with Gasteiger partial charge in [-0.15, -0.1) is 0 Å². The Hall–Kier alpha value is -1.63. The first-order valence-corrected chi connectivity index (χ1v) is 8.32. The minimum Gasteiger partial charge on any atom is -0.410 e. The molecule has 0 aliphatic heterocycles. The molecule has 2 aromatic carbocycles. The Kier molecular flexibility index (Phi) is 4.82. The van der Waals surface area contributed by atoms with Crippen molar-refractivity contribution in [2.75, 3.05) is 0 Å². The molecule has 0 amide bonds. The van der Waals surface area contributed by atoms with Crippen LogP contribution < -0.4 is 10.7 Å². The van der Waals surface area contributed by atoms with Crippen molar-refractivity contribution < 1.29 is 17.8 Å². The van der Waals surface area contributed by atoms with Crippen LogP contribution in [0, 0.1) is 0 Å². The van der Waals surface area contributed by atoms with Crippen molar-refractivity contribution in [2.45, 2.75) is 37.5 Å². The van der Waals surface area contributed by atoms with Gasteiger partial charge in [0, 0.05) is 5.39 Å². The lowest BCUT2D eigenvalue weighted by Gasteiger charge is -2.14. The molecule has 0 atom stereocenters. The molecule has 0 aliphatic rings. The van der Waals surface area contributed by atoms with E-state index >= 15 is 0 Å². The maximum absolute atomic E-state index is 11.7. The normalized spacial score (nSPS) is 11.8. The average molecular weight is 309 g/mol. The molecule has 6 heteroatoms. The first-order chi connectivity index (χ1) is 9.99. The second-order valence-electron chi connectivity index (χ2n) is 4.97. The van der Waals surface area contributed by atoms with Crippen molar-refractivity contribution >= 4 is 20.9 Å². The van der Waals surface area contributed by atoms with Gasteiger partial charge in [-0.1, -0.05) is 44.0 Å². The van der Waals surface area contributed by atoms with Gasteiger partial charge in [0.25, 0.3) is 10.1 Å². The van der Waals surface area contributed by atoms with E-state index in [0.717, 1.165) is 24.6 Å². The molecule has 0 bridgehead atoms. The summed E-state index contributed by atoms with van der Waals surface area (Å²) in [5, 5.41) is 1.14. The zero-order valence-corrected chi connectivity index (χ0v) is 12.7. The lowest BCUT2D eigenvalue weighted by Crippen LogP contribution is -2.11. The fourth-order valence-corrected chi connectivity index (χ4v) is 3.36. The summed E-state index contributed by atoms with van der Waals surface area (Å²) >= 11 is 0. The van der Waals surface area contributed by atoms with Gasteiger partial charge in [0.05, 0.1) is 0 Å². The summed E-state index contributed by atoms with van der Waals surface area (Å²) in [6, 6.07) is 8.80. The van der Waals surface area contributed by atoms with Gasteiger partial charge in [-0.05, 0) is 29.9 Å². The van der Waals surface area contributed by atoms with E-state index in [9.17, 15) is 13.0 Å². The lowest BCUT2D eigenvalue weighted by atomic mass is 10.0. The second-order valence-corrected chi connectivity index (χ2v) is 6.32. The molecule has 0 saturated heterocycles. The van der Waals surface area contributed by atoms with Gasteiger partial charge in [0.15, 0.2) is 5.75 Å². The molecule has 0 unspecified atom stereocenters. The number of benzene rings is 2. The number of hydrogen-bond donors (Lipinski definition) is 2. The minimum absolute atomic E-state index is 0.0345. The van der Waals surface area contributed by atoms with Crippen LogP contribution in [0.4, 0.5) is 0 Å². The SMILES string of the molecule is CCCCCc1cc2ccccc2c(S(=O)(=O)O)c1ON. The first-order valence-electron chi connectivity index (χ1n) is 6.88. The molecule has 0 heterocycles. The lowest BCUT2D eigenvalue weighted by molar-refractivity contribution is 0.320. The van der Waals surface area contributed by atoms with Crippen LogP contribution in [-0.2, 0) is 16.5 Å². The summed E-state index contributed by atoms with van der Waals surface area (Å²) in [7, 11) is -4.43. The highest BCUT2D eigenvalue weighted by molar-refractivity contribution is 7.86. The Balaban J connectivity index is 2.69. The van der Waals surface area contributed by atoms with Gasteiger partial charge >= 0.3 is 0 Å². The van der Waals surface area contributed by atoms with Crippen LogP contribution in [-0.4, -0.2) is 13.0 Å². The molecule has 0 saturated carbocycles. The Morgan fingerprint density at radius 3 is 2.57 bits per heavy atom. The third-order valence-corrected chi connectivity index (χ3v) is 4.38. The van der Waals surface area contributed by atoms with Crippen molar-refractivity contribution in [1.82, 2.24) is 0 Å². The third-order valence-electron chi connectivity index (χ3n) is 3.46. The molecule has 0 aliphatic carbocycles. The van der Waals surface area contributed by atoms with Gasteiger partial charge in [0.2, 0.25) is 0 Å². The zero-order valence-electron chi connectivity index (χ0n) is 11.9. The number of rotatable bonds is 6. The Morgan fingerprint density at radius 2 is 1.95 bits per heavy atom. The maximum atomic E-state index is 11.7. The van der Waals surface area contributed by atoms with E-state index in [1.807, 2.05) is 12.1 Å². The van der Waals surface area contributed by atoms with E-state index in [1.54, 1.807) is 18.2 Å². The molecule has 21 heavy (non-hydrogen) atoms.